The molecule has 1 fully saturated rings. The third-order valence-corrected chi connectivity index (χ3v) is 3.53. The zero-order valence-electron chi connectivity index (χ0n) is 7.88. The molecule has 0 aromatic heterocycles. The molecule has 1 aromatic rings. The van der Waals surface area contributed by atoms with Crippen LogP contribution in [0.25, 0.3) is 0 Å². The SMILES string of the molecule is CN1C(=O)C2(CC2)c2cc(Cl)ccc21. The van der Waals surface area contributed by atoms with E-state index in [1.807, 2.05) is 25.2 Å². The van der Waals surface area contributed by atoms with Crippen LogP contribution in [0, 0.1) is 0 Å². The summed E-state index contributed by atoms with van der Waals surface area (Å²) in [7, 11) is 1.84. The van der Waals surface area contributed by atoms with Gasteiger partial charge in [-0.05, 0) is 36.6 Å². The van der Waals surface area contributed by atoms with Crippen molar-refractivity contribution < 1.29 is 4.79 Å². The lowest BCUT2D eigenvalue weighted by Gasteiger charge is -2.09. The average Bonchev–Trinajstić information content (AvgIpc) is 2.93. The Kier molecular flexibility index (Phi) is 1.37. The maximum atomic E-state index is 11.9. The molecule has 0 unspecified atom stereocenters. The fourth-order valence-corrected chi connectivity index (χ4v) is 2.51. The van der Waals surface area contributed by atoms with Gasteiger partial charge in [0.1, 0.15) is 0 Å². The van der Waals surface area contributed by atoms with Crippen LogP contribution in [-0.2, 0) is 10.2 Å². The van der Waals surface area contributed by atoms with E-state index in [1.165, 1.54) is 0 Å². The number of fused-ring (bicyclic) bond motifs is 2. The number of hydrogen-bond donors (Lipinski definition) is 0. The number of anilines is 1. The van der Waals surface area contributed by atoms with E-state index in [1.54, 1.807) is 4.90 Å². The molecule has 14 heavy (non-hydrogen) atoms. The quantitative estimate of drug-likeness (QED) is 0.640. The number of amides is 1. The first-order valence-electron chi connectivity index (χ1n) is 4.73. The van der Waals surface area contributed by atoms with Gasteiger partial charge in [0, 0.05) is 17.8 Å². The maximum absolute atomic E-state index is 11.9. The minimum absolute atomic E-state index is 0.199. The van der Waals surface area contributed by atoms with Crippen molar-refractivity contribution in [2.75, 3.05) is 11.9 Å². The van der Waals surface area contributed by atoms with Gasteiger partial charge in [-0.2, -0.15) is 0 Å². The number of carbonyl (C=O) groups is 1. The first-order chi connectivity index (χ1) is 6.65. The highest BCUT2D eigenvalue weighted by Gasteiger charge is 2.58. The Morgan fingerprint density at radius 3 is 2.79 bits per heavy atom. The molecule has 1 aliphatic heterocycles. The molecular formula is C11H10ClNO. The number of nitrogens with zero attached hydrogens (tertiary/aromatic N) is 1. The van der Waals surface area contributed by atoms with Crippen LogP contribution in [0.3, 0.4) is 0 Å². The molecule has 72 valence electrons. The average molecular weight is 208 g/mol. The highest BCUT2D eigenvalue weighted by molar-refractivity contribution is 6.31. The smallest absolute Gasteiger partial charge is 0.237 e. The molecule has 1 saturated carbocycles. The Balaban J connectivity index is 2.27. The summed E-state index contributed by atoms with van der Waals surface area (Å²) >= 11 is 5.94. The highest BCUT2D eigenvalue weighted by atomic mass is 35.5. The molecule has 0 atom stereocenters. The van der Waals surface area contributed by atoms with Crippen LogP contribution < -0.4 is 4.90 Å². The van der Waals surface area contributed by atoms with Gasteiger partial charge < -0.3 is 4.90 Å². The standard InChI is InChI=1S/C11H10ClNO/c1-13-9-3-2-7(12)6-8(9)11(4-5-11)10(13)14/h2-3,6H,4-5H2,1H3. The summed E-state index contributed by atoms with van der Waals surface area (Å²) in [6.07, 6.45) is 1.95. The van der Waals surface area contributed by atoms with Crippen molar-refractivity contribution in [1.29, 1.82) is 0 Å². The number of hydrogen-bond acceptors (Lipinski definition) is 1. The lowest BCUT2D eigenvalue weighted by molar-refractivity contribution is -0.119. The van der Waals surface area contributed by atoms with Crippen molar-refractivity contribution in [1.82, 2.24) is 0 Å². The van der Waals surface area contributed by atoms with Gasteiger partial charge in [0.15, 0.2) is 0 Å². The number of benzene rings is 1. The number of halogens is 1. The molecule has 1 amide bonds. The van der Waals surface area contributed by atoms with Crippen LogP contribution in [0.5, 0.6) is 0 Å². The molecule has 1 aromatic carbocycles. The molecule has 2 nitrogen and oxygen atoms in total. The van der Waals surface area contributed by atoms with E-state index in [4.69, 9.17) is 11.6 Å². The summed E-state index contributed by atoms with van der Waals surface area (Å²) in [4.78, 5) is 13.7. The molecule has 0 saturated heterocycles. The fraction of sp³-hybridized carbons (Fsp3) is 0.364. The molecule has 0 N–H and O–H groups in total. The summed E-state index contributed by atoms with van der Waals surface area (Å²) < 4.78 is 0. The molecular weight excluding hydrogens is 198 g/mol. The van der Waals surface area contributed by atoms with Crippen LogP contribution in [0.4, 0.5) is 5.69 Å². The Hall–Kier alpha value is -1.02. The second-order valence-electron chi connectivity index (χ2n) is 4.11. The minimum atomic E-state index is -0.199. The summed E-state index contributed by atoms with van der Waals surface area (Å²) in [6.45, 7) is 0. The molecule has 0 bridgehead atoms. The van der Waals surface area contributed by atoms with E-state index in [-0.39, 0.29) is 11.3 Å². The van der Waals surface area contributed by atoms with Gasteiger partial charge in [-0.1, -0.05) is 11.6 Å². The lowest BCUT2D eigenvalue weighted by atomic mass is 9.98. The van der Waals surface area contributed by atoms with Crippen molar-refractivity contribution in [3.63, 3.8) is 0 Å². The van der Waals surface area contributed by atoms with E-state index >= 15 is 0 Å². The molecule has 1 aliphatic carbocycles. The van der Waals surface area contributed by atoms with E-state index in [0.29, 0.717) is 0 Å². The molecule has 3 rings (SSSR count). The molecule has 1 heterocycles. The minimum Gasteiger partial charge on any atom is -0.314 e. The highest BCUT2D eigenvalue weighted by Crippen LogP contribution is 2.57. The van der Waals surface area contributed by atoms with Gasteiger partial charge in [0.2, 0.25) is 5.91 Å². The number of rotatable bonds is 0. The summed E-state index contributed by atoms with van der Waals surface area (Å²) in [5.74, 6) is 0.231. The monoisotopic (exact) mass is 207 g/mol. The Labute approximate surface area is 87.5 Å². The first-order valence-corrected chi connectivity index (χ1v) is 5.11. The van der Waals surface area contributed by atoms with Gasteiger partial charge in [0.05, 0.1) is 5.41 Å². The molecule has 1 spiro atoms. The van der Waals surface area contributed by atoms with Crippen molar-refractivity contribution in [2.24, 2.45) is 0 Å². The summed E-state index contributed by atoms with van der Waals surface area (Å²) in [5, 5.41) is 0.720. The largest absolute Gasteiger partial charge is 0.314 e. The topological polar surface area (TPSA) is 20.3 Å². The molecule has 2 aliphatic rings. The van der Waals surface area contributed by atoms with E-state index < -0.39 is 0 Å². The normalized spacial score (nSPS) is 21.6. The summed E-state index contributed by atoms with van der Waals surface area (Å²) in [5.41, 5.74) is 1.95. The predicted molar refractivity (Wildman–Crippen MR) is 55.8 cm³/mol. The van der Waals surface area contributed by atoms with E-state index in [2.05, 4.69) is 0 Å². The maximum Gasteiger partial charge on any atom is 0.237 e. The van der Waals surface area contributed by atoms with Crippen molar-refractivity contribution in [3.8, 4) is 0 Å². The molecule has 3 heteroatoms. The third-order valence-electron chi connectivity index (χ3n) is 3.30. The fourth-order valence-electron chi connectivity index (χ4n) is 2.34. The van der Waals surface area contributed by atoms with Gasteiger partial charge >= 0.3 is 0 Å². The zero-order valence-corrected chi connectivity index (χ0v) is 8.64. The van der Waals surface area contributed by atoms with Crippen LogP contribution in [0.1, 0.15) is 18.4 Å². The van der Waals surface area contributed by atoms with Crippen LogP contribution >= 0.6 is 11.6 Å². The van der Waals surface area contributed by atoms with E-state index in [0.717, 1.165) is 29.1 Å². The number of likely N-dealkylation sites (N-methyl/N-ethyl adjacent to an activating group) is 1. The van der Waals surface area contributed by atoms with E-state index in [9.17, 15) is 4.79 Å². The predicted octanol–water partition coefficient (Wildman–Crippen LogP) is 2.35. The second kappa shape index (κ2) is 2.31. The third kappa shape index (κ3) is 0.800. The van der Waals surface area contributed by atoms with Crippen LogP contribution in [-0.4, -0.2) is 13.0 Å². The van der Waals surface area contributed by atoms with Crippen LogP contribution in [0.2, 0.25) is 5.02 Å². The van der Waals surface area contributed by atoms with Gasteiger partial charge in [0.25, 0.3) is 0 Å². The second-order valence-corrected chi connectivity index (χ2v) is 4.54. The van der Waals surface area contributed by atoms with Crippen molar-refractivity contribution >= 4 is 23.2 Å². The lowest BCUT2D eigenvalue weighted by Crippen LogP contribution is -2.27. The Morgan fingerprint density at radius 1 is 1.43 bits per heavy atom. The van der Waals surface area contributed by atoms with Crippen molar-refractivity contribution in [3.05, 3.63) is 28.8 Å². The first kappa shape index (κ1) is 8.30. The number of carbonyl (C=O) groups excluding carboxylic acids is 1. The zero-order chi connectivity index (χ0) is 9.92. The summed E-state index contributed by atoms with van der Waals surface area (Å²) in [6, 6.07) is 5.71. The van der Waals surface area contributed by atoms with Crippen LogP contribution in [0.15, 0.2) is 18.2 Å². The van der Waals surface area contributed by atoms with Gasteiger partial charge in [-0.15, -0.1) is 0 Å². The molecule has 0 radical (unpaired) electrons. The van der Waals surface area contributed by atoms with Gasteiger partial charge in [-0.3, -0.25) is 4.79 Å². The Morgan fingerprint density at radius 2 is 2.14 bits per heavy atom. The van der Waals surface area contributed by atoms with Gasteiger partial charge in [-0.25, -0.2) is 0 Å². The Bertz CT molecular complexity index is 437. The van der Waals surface area contributed by atoms with Crippen molar-refractivity contribution in [2.45, 2.75) is 18.3 Å².